The quantitative estimate of drug-likeness (QED) is 0.316. The number of fused-ring (bicyclic) bond motifs is 5. The average Bonchev–Trinajstić information content (AvgIpc) is 3.70. The van der Waals surface area contributed by atoms with E-state index in [0.29, 0.717) is 31.9 Å². The SMILES string of the molecule is Nc1nc2c(-c3c(F)cc4c(N5CC6CCC(C5)N6)nc(OCC56CCCN5C[C@H](F)C6)nc4c3F)ccc(F)c2s1. The molecule has 6 heterocycles. The monoisotopic (exact) mass is 599 g/mol. The number of hydrogen-bond acceptors (Lipinski definition) is 9. The predicted octanol–water partition coefficient (Wildman–Crippen LogP) is 4.80. The first kappa shape index (κ1) is 26.3. The second-order valence-electron chi connectivity index (χ2n) is 12.0. The number of ether oxygens (including phenoxy) is 1. The summed E-state index contributed by atoms with van der Waals surface area (Å²) in [6.07, 6.45) is 3.23. The van der Waals surface area contributed by atoms with E-state index >= 15 is 8.78 Å². The van der Waals surface area contributed by atoms with E-state index in [1.54, 1.807) is 0 Å². The van der Waals surface area contributed by atoms with Crippen LogP contribution in [0.3, 0.4) is 0 Å². The maximum atomic E-state index is 16.5. The lowest BCUT2D eigenvalue weighted by atomic mass is 9.95. The molecule has 2 aromatic carbocycles. The van der Waals surface area contributed by atoms with Gasteiger partial charge in [0.15, 0.2) is 10.9 Å². The van der Waals surface area contributed by atoms with E-state index < -0.39 is 29.2 Å². The van der Waals surface area contributed by atoms with Gasteiger partial charge in [0.1, 0.15) is 35.7 Å². The third-order valence-electron chi connectivity index (χ3n) is 9.37. The summed E-state index contributed by atoms with van der Waals surface area (Å²) in [5.74, 6) is -1.92. The summed E-state index contributed by atoms with van der Waals surface area (Å²) in [4.78, 5) is 17.5. The first-order valence-electron chi connectivity index (χ1n) is 14.4. The van der Waals surface area contributed by atoms with Crippen molar-refractivity contribution in [3.05, 3.63) is 35.7 Å². The Hall–Kier alpha value is -3.29. The molecule has 220 valence electrons. The summed E-state index contributed by atoms with van der Waals surface area (Å²) in [6, 6.07) is 4.16. The predicted molar refractivity (Wildman–Crippen MR) is 153 cm³/mol. The molecule has 2 bridgehead atoms. The zero-order valence-corrected chi connectivity index (χ0v) is 23.5. The van der Waals surface area contributed by atoms with Crippen molar-refractivity contribution in [1.82, 2.24) is 25.2 Å². The van der Waals surface area contributed by atoms with Crippen LogP contribution >= 0.6 is 11.3 Å². The van der Waals surface area contributed by atoms with Crippen LogP contribution in [0.25, 0.3) is 32.2 Å². The number of rotatable bonds is 5. The topological polar surface area (TPSA) is 92.4 Å². The van der Waals surface area contributed by atoms with Gasteiger partial charge in [-0.1, -0.05) is 11.3 Å². The second kappa shape index (κ2) is 9.61. The van der Waals surface area contributed by atoms with E-state index in [0.717, 1.165) is 49.6 Å². The normalized spacial score (nSPS) is 27.4. The molecular formula is C29H29F4N7OS. The molecule has 4 fully saturated rings. The number of piperazine rings is 1. The number of nitrogens with zero attached hydrogens (tertiary/aromatic N) is 5. The van der Waals surface area contributed by atoms with Crippen molar-refractivity contribution in [2.45, 2.75) is 55.9 Å². The molecule has 0 amide bonds. The van der Waals surface area contributed by atoms with Crippen molar-refractivity contribution in [3.63, 3.8) is 0 Å². The molecule has 3 unspecified atom stereocenters. The van der Waals surface area contributed by atoms with E-state index in [-0.39, 0.29) is 62.1 Å². The van der Waals surface area contributed by atoms with Crippen LogP contribution < -0.4 is 20.7 Å². The Balaban J connectivity index is 1.27. The van der Waals surface area contributed by atoms with Crippen LogP contribution in [0.15, 0.2) is 18.2 Å². The van der Waals surface area contributed by atoms with Gasteiger partial charge in [0.05, 0.1) is 21.3 Å². The number of nitrogens with one attached hydrogen (secondary N) is 1. The Morgan fingerprint density at radius 3 is 2.67 bits per heavy atom. The molecule has 4 atom stereocenters. The highest BCUT2D eigenvalue weighted by atomic mass is 32.1. The zero-order valence-electron chi connectivity index (χ0n) is 22.7. The number of alkyl halides is 1. The molecule has 8 rings (SSSR count). The molecule has 4 saturated heterocycles. The van der Waals surface area contributed by atoms with Crippen LogP contribution in [0.1, 0.15) is 32.1 Å². The number of aromatic nitrogens is 3. The minimum atomic E-state index is -0.923. The number of nitrogen functional groups attached to an aromatic ring is 1. The fourth-order valence-corrected chi connectivity index (χ4v) is 8.29. The van der Waals surface area contributed by atoms with Crippen LogP contribution in [-0.2, 0) is 0 Å². The Kier molecular flexibility index (Phi) is 6.03. The van der Waals surface area contributed by atoms with Gasteiger partial charge >= 0.3 is 6.01 Å². The minimum absolute atomic E-state index is 0.0365. The van der Waals surface area contributed by atoms with Gasteiger partial charge in [-0.05, 0) is 50.4 Å². The van der Waals surface area contributed by atoms with Crippen LogP contribution in [0.4, 0.5) is 28.5 Å². The van der Waals surface area contributed by atoms with Gasteiger partial charge in [0.25, 0.3) is 0 Å². The third-order valence-corrected chi connectivity index (χ3v) is 10.3. The Labute approximate surface area is 242 Å². The van der Waals surface area contributed by atoms with Gasteiger partial charge in [0.2, 0.25) is 0 Å². The molecule has 4 aliphatic rings. The second-order valence-corrected chi connectivity index (χ2v) is 13.0. The molecule has 4 aromatic rings. The van der Waals surface area contributed by atoms with Gasteiger partial charge < -0.3 is 20.7 Å². The Bertz CT molecular complexity index is 1720. The zero-order chi connectivity index (χ0) is 28.7. The van der Waals surface area contributed by atoms with Gasteiger partial charge in [0, 0.05) is 49.1 Å². The van der Waals surface area contributed by atoms with E-state index in [4.69, 9.17) is 15.5 Å². The molecule has 3 N–H and O–H groups in total. The van der Waals surface area contributed by atoms with Crippen molar-refractivity contribution < 1.29 is 22.3 Å². The lowest BCUT2D eigenvalue weighted by Crippen LogP contribution is -2.51. The first-order valence-corrected chi connectivity index (χ1v) is 15.2. The molecule has 4 aliphatic heterocycles. The van der Waals surface area contributed by atoms with E-state index in [1.165, 1.54) is 12.1 Å². The summed E-state index contributed by atoms with van der Waals surface area (Å²) >= 11 is 0.916. The number of anilines is 2. The van der Waals surface area contributed by atoms with Crippen molar-refractivity contribution in [2.24, 2.45) is 0 Å². The fourth-order valence-electron chi connectivity index (χ4n) is 7.52. The van der Waals surface area contributed by atoms with Gasteiger partial charge in [-0.25, -0.2) is 22.5 Å². The molecular weight excluding hydrogens is 570 g/mol. The van der Waals surface area contributed by atoms with Crippen molar-refractivity contribution >= 4 is 43.4 Å². The number of halogens is 4. The highest BCUT2D eigenvalue weighted by Gasteiger charge is 2.49. The van der Waals surface area contributed by atoms with Crippen LogP contribution in [0.5, 0.6) is 6.01 Å². The largest absolute Gasteiger partial charge is 0.461 e. The third kappa shape index (κ3) is 4.11. The lowest BCUT2D eigenvalue weighted by Gasteiger charge is -2.34. The number of thiazole rings is 1. The molecule has 0 saturated carbocycles. The van der Waals surface area contributed by atoms with E-state index in [2.05, 4.69) is 20.2 Å². The first-order chi connectivity index (χ1) is 20.3. The molecule has 0 radical (unpaired) electrons. The Morgan fingerprint density at radius 1 is 1.05 bits per heavy atom. The summed E-state index contributed by atoms with van der Waals surface area (Å²) in [6.45, 7) is 2.62. The van der Waals surface area contributed by atoms with E-state index in [9.17, 15) is 8.78 Å². The highest BCUT2D eigenvalue weighted by Crippen LogP contribution is 2.43. The molecule has 8 nitrogen and oxygen atoms in total. The highest BCUT2D eigenvalue weighted by molar-refractivity contribution is 7.22. The summed E-state index contributed by atoms with van der Waals surface area (Å²) in [5.41, 5.74) is 5.08. The summed E-state index contributed by atoms with van der Waals surface area (Å²) < 4.78 is 67.6. The van der Waals surface area contributed by atoms with Crippen LogP contribution in [0, 0.1) is 17.5 Å². The van der Waals surface area contributed by atoms with Crippen molar-refractivity contribution in [2.75, 3.05) is 43.4 Å². The van der Waals surface area contributed by atoms with Crippen LogP contribution in [-0.4, -0.2) is 76.4 Å². The van der Waals surface area contributed by atoms with Crippen molar-refractivity contribution in [3.8, 4) is 17.1 Å². The fraction of sp³-hybridized carbons (Fsp3) is 0.483. The van der Waals surface area contributed by atoms with Gasteiger partial charge in [-0.15, -0.1) is 0 Å². The standard InChI is InChI=1S/C29H29F4N7OS/c30-14-9-29(6-1-7-40(29)10-14)13-41-28-37-23-18(26(38-28)39-11-15-2-3-16(12-39)35-15)8-20(32)21(22(23)33)17-4-5-19(31)25-24(17)36-27(34)42-25/h4-5,8,14-16,35H,1-3,6-7,9-13H2,(H2,34,36)/t14-,15?,16?,29?/m1/s1. The molecule has 42 heavy (non-hydrogen) atoms. The van der Waals surface area contributed by atoms with Gasteiger partial charge in [-0.3, -0.25) is 4.90 Å². The number of hydrogen-bond donors (Lipinski definition) is 2. The molecule has 2 aromatic heterocycles. The summed E-state index contributed by atoms with van der Waals surface area (Å²) in [5, 5.41) is 3.89. The average molecular weight is 600 g/mol. The summed E-state index contributed by atoms with van der Waals surface area (Å²) in [7, 11) is 0. The molecule has 13 heteroatoms. The molecule has 0 aliphatic carbocycles. The number of benzene rings is 2. The van der Waals surface area contributed by atoms with E-state index in [1.807, 2.05) is 4.90 Å². The maximum absolute atomic E-state index is 16.5. The van der Waals surface area contributed by atoms with Crippen LogP contribution in [0.2, 0.25) is 0 Å². The van der Waals surface area contributed by atoms with Gasteiger partial charge in [-0.2, -0.15) is 9.97 Å². The Morgan fingerprint density at radius 2 is 1.86 bits per heavy atom. The lowest BCUT2D eigenvalue weighted by molar-refractivity contribution is 0.107. The minimum Gasteiger partial charge on any atom is -0.461 e. The number of nitrogens with two attached hydrogens (primary N) is 1. The smallest absolute Gasteiger partial charge is 0.319 e. The maximum Gasteiger partial charge on any atom is 0.319 e. The molecule has 0 spiro atoms. The van der Waals surface area contributed by atoms with Crippen molar-refractivity contribution in [1.29, 1.82) is 0 Å².